The van der Waals surface area contributed by atoms with E-state index in [-0.39, 0.29) is 12.3 Å². The first-order chi connectivity index (χ1) is 7.83. The lowest BCUT2D eigenvalue weighted by atomic mass is 10.2. The lowest BCUT2D eigenvalue weighted by molar-refractivity contribution is -0.143. The molecule has 0 bridgehead atoms. The summed E-state index contributed by atoms with van der Waals surface area (Å²) in [6.45, 7) is 3.08. The van der Waals surface area contributed by atoms with E-state index in [4.69, 9.17) is 13.7 Å². The van der Waals surface area contributed by atoms with Gasteiger partial charge >= 0.3 is 5.97 Å². The van der Waals surface area contributed by atoms with E-state index in [0.29, 0.717) is 13.0 Å². The highest BCUT2D eigenvalue weighted by atomic mass is 32.2. The van der Waals surface area contributed by atoms with Gasteiger partial charge in [-0.25, -0.2) is 0 Å². The van der Waals surface area contributed by atoms with Crippen LogP contribution in [-0.4, -0.2) is 31.2 Å². The molecular weight excluding hydrogens is 228 g/mol. The average Bonchev–Trinajstić information content (AvgIpc) is 2.34. The minimum atomic E-state index is -0.137. The number of rotatable bonds is 7. The Morgan fingerprint density at radius 3 is 3.06 bits per heavy atom. The molecule has 0 radical (unpaired) electrons. The molecule has 0 saturated carbocycles. The van der Waals surface area contributed by atoms with Gasteiger partial charge in [0.1, 0.15) is 0 Å². The van der Waals surface area contributed by atoms with Crippen LogP contribution in [0.1, 0.15) is 39.0 Å². The van der Waals surface area contributed by atoms with Gasteiger partial charge < -0.3 is 9.47 Å². The monoisotopic (exact) mass is 248 g/mol. The predicted octanol–water partition coefficient (Wildman–Crippen LogP) is 2.52. The molecule has 1 saturated heterocycles. The standard InChI is InChI=1S/C11H20O4S/c1-2-10(12)13-8-5-9-16-15-11-6-3-4-7-14-11/h11H,2-9H2,1H3. The summed E-state index contributed by atoms with van der Waals surface area (Å²) in [6, 6.07) is 0. The van der Waals surface area contributed by atoms with Gasteiger partial charge in [0.25, 0.3) is 0 Å². The first kappa shape index (κ1) is 13.8. The van der Waals surface area contributed by atoms with Crippen LogP contribution in [0.2, 0.25) is 0 Å². The van der Waals surface area contributed by atoms with Crippen molar-refractivity contribution in [3.05, 3.63) is 0 Å². The molecule has 1 unspecified atom stereocenters. The summed E-state index contributed by atoms with van der Waals surface area (Å²) >= 11 is 1.40. The maximum atomic E-state index is 10.8. The molecule has 4 nitrogen and oxygen atoms in total. The molecule has 0 aromatic heterocycles. The van der Waals surface area contributed by atoms with Crippen LogP contribution < -0.4 is 0 Å². The molecule has 1 aliphatic heterocycles. The fourth-order valence-electron chi connectivity index (χ4n) is 1.32. The molecule has 0 N–H and O–H groups in total. The van der Waals surface area contributed by atoms with Crippen LogP contribution in [0.3, 0.4) is 0 Å². The maximum absolute atomic E-state index is 10.8. The fraction of sp³-hybridized carbons (Fsp3) is 0.909. The van der Waals surface area contributed by atoms with E-state index in [1.807, 2.05) is 0 Å². The van der Waals surface area contributed by atoms with Crippen molar-refractivity contribution in [2.75, 3.05) is 19.0 Å². The third-order valence-corrected chi connectivity index (χ3v) is 3.04. The molecule has 1 rings (SSSR count). The van der Waals surface area contributed by atoms with E-state index in [2.05, 4.69) is 0 Å². The summed E-state index contributed by atoms with van der Waals surface area (Å²) in [7, 11) is 0. The van der Waals surface area contributed by atoms with Crippen molar-refractivity contribution in [3.8, 4) is 0 Å². The Balaban J connectivity index is 1.85. The third-order valence-electron chi connectivity index (χ3n) is 2.24. The Bertz CT molecular complexity index is 192. The van der Waals surface area contributed by atoms with Gasteiger partial charge in [0.05, 0.1) is 6.61 Å². The lowest BCUT2D eigenvalue weighted by Gasteiger charge is -2.21. The number of ether oxygens (including phenoxy) is 2. The zero-order valence-electron chi connectivity index (χ0n) is 9.78. The quantitative estimate of drug-likeness (QED) is 0.393. The summed E-state index contributed by atoms with van der Waals surface area (Å²) in [6.07, 6.45) is 4.52. The highest BCUT2D eigenvalue weighted by molar-refractivity contribution is 7.94. The largest absolute Gasteiger partial charge is 0.466 e. The second-order valence-corrected chi connectivity index (χ2v) is 4.48. The van der Waals surface area contributed by atoms with Crippen LogP contribution in [0, 0.1) is 0 Å². The highest BCUT2D eigenvalue weighted by Crippen LogP contribution is 2.19. The van der Waals surface area contributed by atoms with Crippen molar-refractivity contribution in [1.29, 1.82) is 0 Å². The Morgan fingerprint density at radius 1 is 1.50 bits per heavy atom. The molecule has 0 aliphatic carbocycles. The molecule has 1 heterocycles. The van der Waals surface area contributed by atoms with Gasteiger partial charge in [-0.2, -0.15) is 0 Å². The Kier molecular flexibility index (Phi) is 7.63. The van der Waals surface area contributed by atoms with Crippen molar-refractivity contribution in [3.63, 3.8) is 0 Å². The highest BCUT2D eigenvalue weighted by Gasteiger charge is 2.14. The van der Waals surface area contributed by atoms with E-state index in [1.165, 1.54) is 18.5 Å². The topological polar surface area (TPSA) is 44.8 Å². The Morgan fingerprint density at radius 2 is 2.38 bits per heavy atom. The second kappa shape index (κ2) is 8.84. The molecule has 1 fully saturated rings. The predicted molar refractivity (Wildman–Crippen MR) is 63.0 cm³/mol. The zero-order valence-corrected chi connectivity index (χ0v) is 10.6. The van der Waals surface area contributed by atoms with Crippen LogP contribution in [-0.2, 0) is 18.5 Å². The van der Waals surface area contributed by atoms with Gasteiger partial charge in [0.15, 0.2) is 6.29 Å². The molecule has 0 aromatic carbocycles. The van der Waals surface area contributed by atoms with Gasteiger partial charge in [0.2, 0.25) is 0 Å². The zero-order chi connectivity index (χ0) is 11.6. The summed E-state index contributed by atoms with van der Waals surface area (Å²) in [5, 5.41) is 0. The van der Waals surface area contributed by atoms with Crippen LogP contribution in [0.25, 0.3) is 0 Å². The minimum Gasteiger partial charge on any atom is -0.466 e. The lowest BCUT2D eigenvalue weighted by Crippen LogP contribution is -2.19. The first-order valence-corrected chi connectivity index (χ1v) is 6.79. The Labute approximate surface area is 101 Å². The van der Waals surface area contributed by atoms with E-state index in [1.54, 1.807) is 6.92 Å². The normalized spacial score (nSPS) is 20.7. The van der Waals surface area contributed by atoms with E-state index in [9.17, 15) is 4.79 Å². The van der Waals surface area contributed by atoms with Crippen LogP contribution in [0.4, 0.5) is 0 Å². The molecule has 0 spiro atoms. The van der Waals surface area contributed by atoms with Gasteiger partial charge in [-0.15, -0.1) is 0 Å². The van der Waals surface area contributed by atoms with E-state index in [0.717, 1.165) is 31.6 Å². The number of hydrogen-bond donors (Lipinski definition) is 0. The molecule has 94 valence electrons. The van der Waals surface area contributed by atoms with Gasteiger partial charge in [-0.05, 0) is 37.7 Å². The molecule has 0 amide bonds. The van der Waals surface area contributed by atoms with Crippen molar-refractivity contribution in [2.24, 2.45) is 0 Å². The molecule has 0 aromatic rings. The second-order valence-electron chi connectivity index (χ2n) is 3.64. The van der Waals surface area contributed by atoms with Crippen molar-refractivity contribution >= 4 is 18.0 Å². The number of hydrogen-bond acceptors (Lipinski definition) is 5. The van der Waals surface area contributed by atoms with Crippen LogP contribution in [0.15, 0.2) is 0 Å². The molecule has 1 aliphatic rings. The summed E-state index contributed by atoms with van der Waals surface area (Å²) in [5.74, 6) is 0.693. The van der Waals surface area contributed by atoms with Gasteiger partial charge in [-0.1, -0.05) is 6.92 Å². The maximum Gasteiger partial charge on any atom is 0.305 e. The van der Waals surface area contributed by atoms with E-state index >= 15 is 0 Å². The van der Waals surface area contributed by atoms with Crippen LogP contribution >= 0.6 is 12.0 Å². The van der Waals surface area contributed by atoms with Crippen LogP contribution in [0.5, 0.6) is 0 Å². The van der Waals surface area contributed by atoms with Crippen molar-refractivity contribution in [2.45, 2.75) is 45.3 Å². The fourth-order valence-corrected chi connectivity index (χ4v) is 1.95. The van der Waals surface area contributed by atoms with Gasteiger partial charge in [-0.3, -0.25) is 8.98 Å². The van der Waals surface area contributed by atoms with Crippen molar-refractivity contribution < 1.29 is 18.5 Å². The summed E-state index contributed by atoms with van der Waals surface area (Å²) in [4.78, 5) is 10.8. The molecule has 16 heavy (non-hydrogen) atoms. The molecule has 1 atom stereocenters. The average molecular weight is 248 g/mol. The summed E-state index contributed by atoms with van der Waals surface area (Å²) in [5.41, 5.74) is 0. The minimum absolute atomic E-state index is 0.0445. The molecular formula is C11H20O4S. The van der Waals surface area contributed by atoms with Gasteiger partial charge in [0, 0.05) is 18.8 Å². The van der Waals surface area contributed by atoms with Crippen molar-refractivity contribution in [1.82, 2.24) is 0 Å². The smallest absolute Gasteiger partial charge is 0.305 e. The summed E-state index contributed by atoms with van der Waals surface area (Å²) < 4.78 is 15.8. The number of carbonyl (C=O) groups excluding carboxylic acids is 1. The Hall–Kier alpha value is -0.260. The molecule has 5 heteroatoms. The third kappa shape index (κ3) is 6.35. The first-order valence-electron chi connectivity index (χ1n) is 5.88. The van der Waals surface area contributed by atoms with E-state index < -0.39 is 0 Å². The number of carbonyl (C=O) groups is 1. The number of esters is 1. The SMILES string of the molecule is CCC(=O)OCCCSOC1CCCCO1.